The average molecular weight is 403 g/mol. The van der Waals surface area contributed by atoms with Crippen LogP contribution >= 0.6 is 11.3 Å². The quantitative estimate of drug-likeness (QED) is 0.469. The Balaban J connectivity index is 1.20. The van der Waals surface area contributed by atoms with Crippen molar-refractivity contribution in [3.05, 3.63) is 71.7 Å². The largest absolute Gasteiger partial charge is 0.483 e. The van der Waals surface area contributed by atoms with Crippen LogP contribution in [0.2, 0.25) is 0 Å². The van der Waals surface area contributed by atoms with Gasteiger partial charge < -0.3 is 9.64 Å². The van der Waals surface area contributed by atoms with Gasteiger partial charge in [0.2, 0.25) is 0 Å². The summed E-state index contributed by atoms with van der Waals surface area (Å²) < 4.78 is 7.12. The van der Waals surface area contributed by atoms with Crippen molar-refractivity contribution in [3.63, 3.8) is 0 Å². The van der Waals surface area contributed by atoms with E-state index in [-0.39, 0.29) is 12.5 Å². The number of hydrogen-bond acceptors (Lipinski definition) is 4. The van der Waals surface area contributed by atoms with Crippen molar-refractivity contribution in [1.82, 2.24) is 9.88 Å². The maximum atomic E-state index is 12.7. The highest BCUT2D eigenvalue weighted by Gasteiger charge is 2.26. The van der Waals surface area contributed by atoms with Crippen molar-refractivity contribution >= 4 is 38.2 Å². The lowest BCUT2D eigenvalue weighted by Gasteiger charge is -2.31. The molecule has 1 fully saturated rings. The standard InChI is InChI=1S/C24H22N2O2S/c27-23(16-28-21-10-5-7-17-6-1-2-8-19(17)21)26-14-12-18(13-15-26)24-25-20-9-3-4-11-22(20)29-24/h1-11,18H,12-16H2. The number of rotatable bonds is 4. The molecule has 146 valence electrons. The van der Waals surface area contributed by atoms with E-state index >= 15 is 0 Å². The Labute approximate surface area is 173 Å². The predicted molar refractivity (Wildman–Crippen MR) is 118 cm³/mol. The first-order chi connectivity index (χ1) is 14.3. The molecule has 1 aliphatic heterocycles. The second-order valence-electron chi connectivity index (χ2n) is 7.44. The predicted octanol–water partition coefficient (Wildman–Crippen LogP) is 5.23. The van der Waals surface area contributed by atoms with Crippen molar-refractivity contribution in [2.75, 3.05) is 19.7 Å². The first-order valence-corrected chi connectivity index (χ1v) is 10.8. The van der Waals surface area contributed by atoms with Crippen LogP contribution in [0, 0.1) is 0 Å². The van der Waals surface area contributed by atoms with Gasteiger partial charge in [0.05, 0.1) is 15.2 Å². The second kappa shape index (κ2) is 7.84. The second-order valence-corrected chi connectivity index (χ2v) is 8.50. The van der Waals surface area contributed by atoms with Crippen molar-refractivity contribution in [1.29, 1.82) is 0 Å². The number of ether oxygens (including phenoxy) is 1. The van der Waals surface area contributed by atoms with Crippen LogP contribution in [0.1, 0.15) is 23.8 Å². The summed E-state index contributed by atoms with van der Waals surface area (Å²) in [6.07, 6.45) is 1.92. The number of hydrogen-bond donors (Lipinski definition) is 0. The van der Waals surface area contributed by atoms with E-state index in [1.807, 2.05) is 41.3 Å². The van der Waals surface area contributed by atoms with Gasteiger partial charge in [0.15, 0.2) is 6.61 Å². The van der Waals surface area contributed by atoms with E-state index in [2.05, 4.69) is 30.3 Å². The molecular weight excluding hydrogens is 380 g/mol. The van der Waals surface area contributed by atoms with E-state index < -0.39 is 0 Å². The Morgan fingerprint density at radius 3 is 2.62 bits per heavy atom. The van der Waals surface area contributed by atoms with Crippen LogP contribution in [-0.2, 0) is 4.79 Å². The van der Waals surface area contributed by atoms with Crippen molar-refractivity contribution in [3.8, 4) is 5.75 Å². The molecule has 4 nitrogen and oxygen atoms in total. The van der Waals surface area contributed by atoms with Crippen LogP contribution in [0.4, 0.5) is 0 Å². The van der Waals surface area contributed by atoms with Gasteiger partial charge in [-0.05, 0) is 36.4 Å². The van der Waals surface area contributed by atoms with Crippen LogP contribution in [-0.4, -0.2) is 35.5 Å². The molecule has 0 atom stereocenters. The smallest absolute Gasteiger partial charge is 0.260 e. The zero-order chi connectivity index (χ0) is 19.6. The number of para-hydroxylation sites is 1. The molecule has 0 N–H and O–H groups in total. The molecule has 5 heteroatoms. The van der Waals surface area contributed by atoms with Gasteiger partial charge in [0.25, 0.3) is 5.91 Å². The third-order valence-electron chi connectivity index (χ3n) is 5.61. The lowest BCUT2D eigenvalue weighted by atomic mass is 9.97. The molecule has 1 aromatic heterocycles. The fourth-order valence-electron chi connectivity index (χ4n) is 3.99. The van der Waals surface area contributed by atoms with Gasteiger partial charge in [-0.1, -0.05) is 48.5 Å². The number of amides is 1. The molecule has 5 rings (SSSR count). The maximum absolute atomic E-state index is 12.7. The zero-order valence-electron chi connectivity index (χ0n) is 16.1. The van der Waals surface area contributed by atoms with Crippen molar-refractivity contribution in [2.45, 2.75) is 18.8 Å². The molecule has 0 bridgehead atoms. The molecule has 0 radical (unpaired) electrons. The number of thiazole rings is 1. The van der Waals surface area contributed by atoms with Gasteiger partial charge in [-0.2, -0.15) is 0 Å². The third kappa shape index (κ3) is 3.70. The van der Waals surface area contributed by atoms with E-state index in [0.29, 0.717) is 5.92 Å². The van der Waals surface area contributed by atoms with E-state index in [4.69, 9.17) is 9.72 Å². The van der Waals surface area contributed by atoms with Gasteiger partial charge in [0.1, 0.15) is 5.75 Å². The molecule has 3 aromatic carbocycles. The number of aromatic nitrogens is 1. The Hall–Kier alpha value is -2.92. The summed E-state index contributed by atoms with van der Waals surface area (Å²) >= 11 is 1.78. The Morgan fingerprint density at radius 1 is 1.00 bits per heavy atom. The Bertz CT molecular complexity index is 1120. The van der Waals surface area contributed by atoms with Crippen molar-refractivity contribution < 1.29 is 9.53 Å². The van der Waals surface area contributed by atoms with Crippen LogP contribution < -0.4 is 4.74 Å². The maximum Gasteiger partial charge on any atom is 0.260 e. The summed E-state index contributed by atoms with van der Waals surface area (Å²) in [4.78, 5) is 19.4. The third-order valence-corrected chi connectivity index (χ3v) is 6.81. The molecule has 29 heavy (non-hydrogen) atoms. The minimum Gasteiger partial charge on any atom is -0.483 e. The number of nitrogens with zero attached hydrogens (tertiary/aromatic N) is 2. The number of fused-ring (bicyclic) bond motifs is 2. The van der Waals surface area contributed by atoms with Gasteiger partial charge in [-0.3, -0.25) is 4.79 Å². The molecule has 4 aromatic rings. The first kappa shape index (κ1) is 18.1. The molecule has 0 aliphatic carbocycles. The average Bonchev–Trinajstić information content (AvgIpc) is 3.22. The minimum absolute atomic E-state index is 0.0562. The first-order valence-electron chi connectivity index (χ1n) is 10.0. The highest BCUT2D eigenvalue weighted by atomic mass is 32.1. The summed E-state index contributed by atoms with van der Waals surface area (Å²) in [5.74, 6) is 1.26. The minimum atomic E-state index is 0.0562. The number of carbonyl (C=O) groups is 1. The van der Waals surface area contributed by atoms with E-state index in [1.54, 1.807) is 11.3 Å². The number of benzene rings is 3. The summed E-state index contributed by atoms with van der Waals surface area (Å²) in [5, 5.41) is 3.36. The number of carbonyl (C=O) groups excluding carboxylic acids is 1. The Morgan fingerprint density at radius 2 is 1.76 bits per heavy atom. The summed E-state index contributed by atoms with van der Waals surface area (Å²) in [6.45, 7) is 1.61. The van der Waals surface area contributed by atoms with E-state index in [9.17, 15) is 4.79 Å². The fourth-order valence-corrected chi connectivity index (χ4v) is 5.13. The normalized spacial score (nSPS) is 15.1. The highest BCUT2D eigenvalue weighted by molar-refractivity contribution is 7.18. The molecular formula is C24H22N2O2S. The van der Waals surface area contributed by atoms with Crippen molar-refractivity contribution in [2.24, 2.45) is 0 Å². The molecule has 1 aliphatic rings. The highest BCUT2D eigenvalue weighted by Crippen LogP contribution is 2.34. The lowest BCUT2D eigenvalue weighted by molar-refractivity contribution is -0.134. The number of likely N-dealkylation sites (tertiary alicyclic amines) is 1. The summed E-state index contributed by atoms with van der Waals surface area (Å²) in [6, 6.07) is 22.3. The monoisotopic (exact) mass is 402 g/mol. The van der Waals surface area contributed by atoms with Crippen LogP contribution in [0.25, 0.3) is 21.0 Å². The van der Waals surface area contributed by atoms with E-state index in [0.717, 1.165) is 48.0 Å². The lowest BCUT2D eigenvalue weighted by Crippen LogP contribution is -2.40. The SMILES string of the molecule is O=C(COc1cccc2ccccc12)N1CCC(c2nc3ccccc3s2)CC1. The van der Waals surface area contributed by atoms with Gasteiger partial charge in [-0.15, -0.1) is 11.3 Å². The summed E-state index contributed by atoms with van der Waals surface area (Å²) in [5.41, 5.74) is 1.08. The van der Waals surface area contributed by atoms with E-state index in [1.165, 1.54) is 9.71 Å². The van der Waals surface area contributed by atoms with Crippen LogP contribution in [0.15, 0.2) is 66.7 Å². The molecule has 0 unspecified atom stereocenters. The van der Waals surface area contributed by atoms with Gasteiger partial charge in [-0.25, -0.2) is 4.98 Å². The van der Waals surface area contributed by atoms with Gasteiger partial charge >= 0.3 is 0 Å². The molecule has 2 heterocycles. The molecule has 0 spiro atoms. The Kier molecular flexibility index (Phi) is 4.90. The topological polar surface area (TPSA) is 42.4 Å². The number of piperidine rings is 1. The van der Waals surface area contributed by atoms with Gasteiger partial charge in [0, 0.05) is 24.4 Å². The van der Waals surface area contributed by atoms with Crippen LogP contribution in [0.5, 0.6) is 5.75 Å². The molecule has 1 saturated heterocycles. The molecule has 0 saturated carbocycles. The summed E-state index contributed by atoms with van der Waals surface area (Å²) in [7, 11) is 0. The fraction of sp³-hybridized carbons (Fsp3) is 0.250. The zero-order valence-corrected chi connectivity index (χ0v) is 16.9. The molecule has 1 amide bonds. The van der Waals surface area contributed by atoms with Crippen LogP contribution in [0.3, 0.4) is 0 Å².